The lowest BCUT2D eigenvalue weighted by atomic mass is 9.71. The fourth-order valence-corrected chi connectivity index (χ4v) is 4.34. The van der Waals surface area contributed by atoms with Crippen molar-refractivity contribution in [1.29, 1.82) is 0 Å². The number of carbonyl (C=O) groups excluding carboxylic acids is 1. The number of amides is 1. The Hall–Kier alpha value is -1.40. The van der Waals surface area contributed by atoms with Gasteiger partial charge in [-0.3, -0.25) is 14.4 Å². The highest BCUT2D eigenvalue weighted by molar-refractivity contribution is 5.80. The third-order valence-corrected chi connectivity index (χ3v) is 5.95. The molecule has 6 heteroatoms. The van der Waals surface area contributed by atoms with Gasteiger partial charge in [0.05, 0.1) is 12.1 Å². The molecule has 2 aliphatic heterocycles. The van der Waals surface area contributed by atoms with Gasteiger partial charge in [-0.15, -0.1) is 0 Å². The molecule has 1 saturated carbocycles. The van der Waals surface area contributed by atoms with E-state index in [1.165, 1.54) is 18.4 Å². The van der Waals surface area contributed by atoms with E-state index >= 15 is 0 Å². The van der Waals surface area contributed by atoms with E-state index in [9.17, 15) is 4.79 Å². The smallest absolute Gasteiger partial charge is 0.225 e. The fourth-order valence-electron chi connectivity index (χ4n) is 4.34. The molecular weight excluding hydrogens is 304 g/mol. The summed E-state index contributed by atoms with van der Waals surface area (Å²) in [5.74, 6) is 1.08. The number of nitrogens with zero attached hydrogens (tertiary/aromatic N) is 3. The molecule has 1 spiro atoms. The minimum absolute atomic E-state index is 0.0914. The van der Waals surface area contributed by atoms with E-state index in [1.807, 2.05) is 17.9 Å². The van der Waals surface area contributed by atoms with Crippen molar-refractivity contribution in [3.8, 4) is 0 Å². The van der Waals surface area contributed by atoms with Crippen LogP contribution in [0.4, 0.5) is 0 Å². The normalized spacial score (nSPS) is 26.8. The van der Waals surface area contributed by atoms with Crippen LogP contribution in [0.5, 0.6) is 0 Å². The number of ether oxygens (including phenoxy) is 1. The number of aryl methyl sites for hydroxylation is 1. The molecule has 0 radical (unpaired) electrons. The molecule has 132 valence electrons. The topological polar surface area (TPSA) is 59.4 Å². The summed E-state index contributed by atoms with van der Waals surface area (Å²) in [6.45, 7) is 5.16. The average molecular weight is 332 g/mol. The van der Waals surface area contributed by atoms with Crippen LogP contribution in [0.2, 0.25) is 0 Å². The molecule has 0 bridgehead atoms. The average Bonchev–Trinajstić information content (AvgIpc) is 3.23. The summed E-state index contributed by atoms with van der Waals surface area (Å²) in [4.78, 5) is 15.3. The Bertz CT molecular complexity index is 590. The van der Waals surface area contributed by atoms with Crippen LogP contribution in [-0.2, 0) is 23.1 Å². The van der Waals surface area contributed by atoms with Gasteiger partial charge in [0, 0.05) is 63.6 Å². The molecule has 1 atom stereocenters. The lowest BCUT2D eigenvalue weighted by molar-refractivity contribution is -0.129. The first-order valence-electron chi connectivity index (χ1n) is 9.20. The second-order valence-electron chi connectivity index (χ2n) is 7.91. The Morgan fingerprint density at radius 3 is 2.88 bits per heavy atom. The minimum Gasteiger partial charge on any atom is -0.381 e. The van der Waals surface area contributed by atoms with Crippen LogP contribution >= 0.6 is 0 Å². The van der Waals surface area contributed by atoms with Crippen molar-refractivity contribution in [2.24, 2.45) is 24.3 Å². The van der Waals surface area contributed by atoms with Gasteiger partial charge in [-0.1, -0.05) is 0 Å². The third-order valence-electron chi connectivity index (χ3n) is 5.95. The van der Waals surface area contributed by atoms with Crippen LogP contribution in [-0.4, -0.2) is 53.4 Å². The number of rotatable bonds is 5. The van der Waals surface area contributed by atoms with E-state index in [2.05, 4.69) is 21.5 Å². The molecule has 4 rings (SSSR count). The highest BCUT2D eigenvalue weighted by atomic mass is 16.5. The molecule has 1 aliphatic carbocycles. The summed E-state index contributed by atoms with van der Waals surface area (Å²) in [7, 11) is 1.95. The van der Waals surface area contributed by atoms with E-state index in [-0.39, 0.29) is 17.2 Å². The van der Waals surface area contributed by atoms with Gasteiger partial charge >= 0.3 is 0 Å². The lowest BCUT2D eigenvalue weighted by Crippen LogP contribution is -2.44. The Labute approximate surface area is 143 Å². The van der Waals surface area contributed by atoms with Gasteiger partial charge in [0.1, 0.15) is 0 Å². The van der Waals surface area contributed by atoms with Gasteiger partial charge in [-0.25, -0.2) is 0 Å². The summed E-state index contributed by atoms with van der Waals surface area (Å²) >= 11 is 0. The van der Waals surface area contributed by atoms with Gasteiger partial charge in [-0.2, -0.15) is 5.10 Å². The molecule has 1 N–H and O–H groups in total. The number of carbonyl (C=O) groups is 1. The first kappa shape index (κ1) is 16.1. The molecule has 3 fully saturated rings. The predicted octanol–water partition coefficient (Wildman–Crippen LogP) is 1.17. The molecule has 3 aliphatic rings. The van der Waals surface area contributed by atoms with Crippen molar-refractivity contribution in [3.63, 3.8) is 0 Å². The van der Waals surface area contributed by atoms with E-state index in [4.69, 9.17) is 4.74 Å². The van der Waals surface area contributed by atoms with Gasteiger partial charge < -0.3 is 10.1 Å². The second kappa shape index (κ2) is 6.48. The zero-order valence-electron chi connectivity index (χ0n) is 14.5. The van der Waals surface area contributed by atoms with Crippen LogP contribution in [0.25, 0.3) is 0 Å². The molecule has 1 aromatic heterocycles. The van der Waals surface area contributed by atoms with E-state index in [0.29, 0.717) is 0 Å². The Kier molecular flexibility index (Phi) is 4.35. The Balaban J connectivity index is 1.45. The molecule has 24 heavy (non-hydrogen) atoms. The highest BCUT2D eigenvalue weighted by Crippen LogP contribution is 2.45. The van der Waals surface area contributed by atoms with Crippen LogP contribution in [0.1, 0.15) is 31.2 Å². The van der Waals surface area contributed by atoms with Crippen molar-refractivity contribution in [1.82, 2.24) is 20.0 Å². The molecule has 3 heterocycles. The monoisotopic (exact) mass is 332 g/mol. The maximum atomic E-state index is 12.9. The van der Waals surface area contributed by atoms with Crippen LogP contribution in [0, 0.1) is 17.3 Å². The quantitative estimate of drug-likeness (QED) is 0.879. The zero-order valence-corrected chi connectivity index (χ0v) is 14.5. The predicted molar refractivity (Wildman–Crippen MR) is 90.2 cm³/mol. The van der Waals surface area contributed by atoms with Crippen molar-refractivity contribution < 1.29 is 9.53 Å². The van der Waals surface area contributed by atoms with Crippen LogP contribution in [0.15, 0.2) is 12.4 Å². The highest BCUT2D eigenvalue weighted by Gasteiger charge is 2.50. The number of hydrogen-bond donors (Lipinski definition) is 1. The zero-order chi connectivity index (χ0) is 16.6. The van der Waals surface area contributed by atoms with Crippen molar-refractivity contribution in [2.45, 2.75) is 32.2 Å². The van der Waals surface area contributed by atoms with E-state index in [0.717, 1.165) is 58.2 Å². The third kappa shape index (κ3) is 3.35. The second-order valence-corrected chi connectivity index (χ2v) is 7.91. The number of likely N-dealkylation sites (tertiary alicyclic amines) is 1. The largest absolute Gasteiger partial charge is 0.381 e. The number of aromatic nitrogens is 2. The molecule has 6 nitrogen and oxygen atoms in total. The molecule has 1 aromatic rings. The first-order valence-corrected chi connectivity index (χ1v) is 9.20. The summed E-state index contributed by atoms with van der Waals surface area (Å²) in [6.07, 6.45) is 8.54. The van der Waals surface area contributed by atoms with Gasteiger partial charge in [-0.05, 0) is 31.6 Å². The molecular formula is C18H28N4O2. The Morgan fingerprint density at radius 1 is 1.42 bits per heavy atom. The van der Waals surface area contributed by atoms with Crippen molar-refractivity contribution in [2.75, 3.05) is 32.8 Å². The van der Waals surface area contributed by atoms with Gasteiger partial charge in [0.25, 0.3) is 0 Å². The molecule has 0 aromatic carbocycles. The first-order chi connectivity index (χ1) is 11.6. The van der Waals surface area contributed by atoms with Crippen molar-refractivity contribution >= 4 is 5.91 Å². The minimum atomic E-state index is 0.0914. The van der Waals surface area contributed by atoms with Crippen LogP contribution < -0.4 is 5.32 Å². The summed E-state index contributed by atoms with van der Waals surface area (Å²) < 4.78 is 7.43. The Morgan fingerprint density at radius 2 is 2.21 bits per heavy atom. The van der Waals surface area contributed by atoms with E-state index in [1.54, 1.807) is 0 Å². The summed E-state index contributed by atoms with van der Waals surface area (Å²) in [6, 6.07) is 0. The van der Waals surface area contributed by atoms with E-state index < -0.39 is 0 Å². The number of hydrogen-bond acceptors (Lipinski definition) is 4. The number of nitrogens with one attached hydrogen (secondary N) is 1. The standard InChI is InChI=1S/C18H28N4O2/c1-21-10-15(9-20-21)11-22-12-16(17(23)19-8-14-2-3-14)18(13-22)4-6-24-7-5-18/h9-10,14,16H,2-8,11-13H2,1H3,(H,19,23). The molecule has 1 unspecified atom stereocenters. The van der Waals surface area contributed by atoms with Crippen LogP contribution in [0.3, 0.4) is 0 Å². The maximum Gasteiger partial charge on any atom is 0.225 e. The summed E-state index contributed by atoms with van der Waals surface area (Å²) in [5.41, 5.74) is 1.31. The SMILES string of the molecule is Cn1cc(CN2CC(C(=O)NCC3CC3)C3(CCOCC3)C2)cn1. The maximum absolute atomic E-state index is 12.9. The van der Waals surface area contributed by atoms with Gasteiger partial charge in [0.2, 0.25) is 5.91 Å². The molecule has 2 saturated heterocycles. The van der Waals surface area contributed by atoms with Crippen molar-refractivity contribution in [3.05, 3.63) is 18.0 Å². The fraction of sp³-hybridized carbons (Fsp3) is 0.778. The summed E-state index contributed by atoms with van der Waals surface area (Å²) in [5, 5.41) is 7.49. The lowest BCUT2D eigenvalue weighted by Gasteiger charge is -2.37. The van der Waals surface area contributed by atoms with Gasteiger partial charge in [0.15, 0.2) is 0 Å². The molecule has 1 amide bonds.